The maximum Gasteiger partial charge on any atom is 0.408 e. The van der Waals surface area contributed by atoms with Crippen molar-refractivity contribution in [3.63, 3.8) is 0 Å². The van der Waals surface area contributed by atoms with Crippen LogP contribution in [0.5, 0.6) is 0 Å². The highest BCUT2D eigenvalue weighted by Gasteiger charge is 2.21. The number of hydrogen-bond acceptors (Lipinski definition) is 4. The molecule has 0 aliphatic rings. The second-order valence-corrected chi connectivity index (χ2v) is 6.47. The van der Waals surface area contributed by atoms with Gasteiger partial charge in [-0.25, -0.2) is 4.79 Å². The van der Waals surface area contributed by atoms with Gasteiger partial charge in [-0.1, -0.05) is 79.3 Å². The Hall–Kier alpha value is -2.27. The van der Waals surface area contributed by atoms with Crippen molar-refractivity contribution in [2.45, 2.75) is 26.0 Å². The topological polar surface area (TPSA) is 55.4 Å². The van der Waals surface area contributed by atoms with Crippen molar-refractivity contribution in [3.8, 4) is 0 Å². The predicted molar refractivity (Wildman–Crippen MR) is 96.8 cm³/mol. The molecule has 0 spiro atoms. The number of thioether (sulfide) groups is 1. The van der Waals surface area contributed by atoms with Crippen LogP contribution in [-0.2, 0) is 22.6 Å². The molecule has 0 bridgehead atoms. The molecule has 1 amide bonds. The van der Waals surface area contributed by atoms with Gasteiger partial charge in [0.15, 0.2) is 0 Å². The van der Waals surface area contributed by atoms with Gasteiger partial charge in [-0.2, -0.15) is 0 Å². The number of rotatable bonds is 7. The normalized spacial score (nSPS) is 11.5. The summed E-state index contributed by atoms with van der Waals surface area (Å²) < 4.78 is 5.21. The van der Waals surface area contributed by atoms with E-state index in [2.05, 4.69) is 5.32 Å². The first-order chi connectivity index (χ1) is 11.7. The molecule has 0 heterocycles. The van der Waals surface area contributed by atoms with Crippen LogP contribution >= 0.6 is 11.8 Å². The van der Waals surface area contributed by atoms with Crippen molar-refractivity contribution < 1.29 is 14.3 Å². The van der Waals surface area contributed by atoms with Crippen molar-refractivity contribution in [3.05, 3.63) is 71.8 Å². The van der Waals surface area contributed by atoms with Crippen LogP contribution in [0.4, 0.5) is 4.79 Å². The summed E-state index contributed by atoms with van der Waals surface area (Å²) in [5, 5.41) is 2.63. The molecule has 1 unspecified atom stereocenters. The van der Waals surface area contributed by atoms with Crippen LogP contribution in [-0.4, -0.2) is 23.0 Å². The Labute approximate surface area is 146 Å². The number of alkyl carbamates (subject to hydrolysis) is 1. The van der Waals surface area contributed by atoms with E-state index in [-0.39, 0.29) is 11.7 Å². The molecular weight excluding hydrogens is 322 g/mol. The monoisotopic (exact) mass is 343 g/mol. The zero-order valence-corrected chi connectivity index (χ0v) is 14.4. The highest BCUT2D eigenvalue weighted by molar-refractivity contribution is 8.13. The molecule has 2 aromatic rings. The fourth-order valence-electron chi connectivity index (χ4n) is 2.19. The first kappa shape index (κ1) is 18.1. The van der Waals surface area contributed by atoms with E-state index in [0.717, 1.165) is 11.1 Å². The van der Waals surface area contributed by atoms with E-state index < -0.39 is 12.1 Å². The maximum absolute atomic E-state index is 12.3. The highest BCUT2D eigenvalue weighted by Crippen LogP contribution is 2.11. The molecule has 2 aromatic carbocycles. The first-order valence-electron chi connectivity index (χ1n) is 7.87. The first-order valence-corrected chi connectivity index (χ1v) is 8.85. The minimum Gasteiger partial charge on any atom is -0.445 e. The van der Waals surface area contributed by atoms with E-state index in [4.69, 9.17) is 4.74 Å². The van der Waals surface area contributed by atoms with Crippen LogP contribution in [0.1, 0.15) is 18.1 Å². The Balaban J connectivity index is 1.93. The third-order valence-corrected chi connectivity index (χ3v) is 4.22. The summed E-state index contributed by atoms with van der Waals surface area (Å²) in [4.78, 5) is 24.3. The molecule has 5 heteroatoms. The van der Waals surface area contributed by atoms with Gasteiger partial charge in [-0.15, -0.1) is 0 Å². The van der Waals surface area contributed by atoms with Crippen molar-refractivity contribution >= 4 is 23.0 Å². The molecule has 0 aliphatic carbocycles. The molecule has 1 atom stereocenters. The molecule has 0 aromatic heterocycles. The Bertz CT molecular complexity index is 646. The summed E-state index contributed by atoms with van der Waals surface area (Å²) in [5.74, 6) is 0.671. The molecule has 4 nitrogen and oxygen atoms in total. The van der Waals surface area contributed by atoms with Crippen molar-refractivity contribution in [2.24, 2.45) is 0 Å². The van der Waals surface area contributed by atoms with E-state index in [9.17, 15) is 9.59 Å². The van der Waals surface area contributed by atoms with E-state index in [1.165, 1.54) is 11.8 Å². The minimum atomic E-state index is -0.597. The number of carbonyl (C=O) groups is 2. The van der Waals surface area contributed by atoms with Crippen LogP contribution in [0, 0.1) is 0 Å². The maximum atomic E-state index is 12.3. The molecule has 0 aliphatic heterocycles. The van der Waals surface area contributed by atoms with Gasteiger partial charge in [-0.05, 0) is 16.9 Å². The largest absolute Gasteiger partial charge is 0.445 e. The Kier molecular flexibility index (Phi) is 7.36. The van der Waals surface area contributed by atoms with Gasteiger partial charge in [-0.3, -0.25) is 4.79 Å². The lowest BCUT2D eigenvalue weighted by Gasteiger charge is -2.17. The predicted octanol–water partition coefficient (Wildman–Crippen LogP) is 3.80. The van der Waals surface area contributed by atoms with Crippen LogP contribution in [0.2, 0.25) is 0 Å². The fraction of sp³-hybridized carbons (Fsp3) is 0.263. The zero-order chi connectivity index (χ0) is 17.2. The lowest BCUT2D eigenvalue weighted by atomic mass is 10.1. The van der Waals surface area contributed by atoms with Crippen LogP contribution in [0.25, 0.3) is 0 Å². The van der Waals surface area contributed by atoms with Crippen molar-refractivity contribution in [1.29, 1.82) is 0 Å². The van der Waals surface area contributed by atoms with Gasteiger partial charge < -0.3 is 10.1 Å². The summed E-state index contributed by atoms with van der Waals surface area (Å²) in [6.07, 6.45) is -0.127. The van der Waals surface area contributed by atoms with E-state index in [1.54, 1.807) is 0 Å². The van der Waals surface area contributed by atoms with Gasteiger partial charge in [0.2, 0.25) is 5.12 Å². The molecule has 0 fully saturated rings. The Morgan fingerprint density at radius 2 is 1.58 bits per heavy atom. The lowest BCUT2D eigenvalue weighted by Crippen LogP contribution is -2.41. The van der Waals surface area contributed by atoms with Gasteiger partial charge >= 0.3 is 6.09 Å². The van der Waals surface area contributed by atoms with E-state index >= 15 is 0 Å². The van der Waals surface area contributed by atoms with Gasteiger partial charge in [0.05, 0.1) is 0 Å². The quantitative estimate of drug-likeness (QED) is 0.831. The molecular formula is C19H21NO3S. The summed E-state index contributed by atoms with van der Waals surface area (Å²) >= 11 is 1.21. The molecule has 0 radical (unpaired) electrons. The second kappa shape index (κ2) is 9.78. The number of carbonyl (C=O) groups excluding carboxylic acids is 2. The van der Waals surface area contributed by atoms with Crippen molar-refractivity contribution in [1.82, 2.24) is 5.32 Å². The minimum absolute atomic E-state index is 0.0574. The average Bonchev–Trinajstić information content (AvgIpc) is 2.61. The number of ether oxygens (including phenoxy) is 1. The third-order valence-electron chi connectivity index (χ3n) is 3.36. The number of hydrogen-bond donors (Lipinski definition) is 1. The zero-order valence-electron chi connectivity index (χ0n) is 13.6. The summed E-state index contributed by atoms with van der Waals surface area (Å²) in [6.45, 7) is 2.09. The standard InChI is InChI=1S/C19H21NO3S/c1-2-24-18(21)17(13-15-9-5-3-6-10-15)20-19(22)23-14-16-11-7-4-8-12-16/h3-12,17H,2,13-14H2,1H3,(H,20,22). The summed E-state index contributed by atoms with van der Waals surface area (Å²) in [5.41, 5.74) is 1.90. The third kappa shape index (κ3) is 6.08. The van der Waals surface area contributed by atoms with Crippen LogP contribution < -0.4 is 5.32 Å². The van der Waals surface area contributed by atoms with E-state index in [1.807, 2.05) is 67.6 Å². The van der Waals surface area contributed by atoms with E-state index in [0.29, 0.717) is 12.2 Å². The van der Waals surface area contributed by atoms with Gasteiger partial charge in [0.25, 0.3) is 0 Å². The number of amides is 1. The van der Waals surface area contributed by atoms with Crippen LogP contribution in [0.3, 0.4) is 0 Å². The van der Waals surface area contributed by atoms with Crippen molar-refractivity contribution in [2.75, 3.05) is 5.75 Å². The molecule has 1 N–H and O–H groups in total. The molecule has 0 saturated carbocycles. The molecule has 126 valence electrons. The lowest BCUT2D eigenvalue weighted by molar-refractivity contribution is -0.112. The SMILES string of the molecule is CCSC(=O)C(Cc1ccccc1)NC(=O)OCc1ccccc1. The summed E-state index contributed by atoms with van der Waals surface area (Å²) in [6, 6.07) is 18.5. The smallest absolute Gasteiger partial charge is 0.408 e. The Morgan fingerprint density at radius 1 is 1.00 bits per heavy atom. The van der Waals surface area contributed by atoms with Crippen LogP contribution in [0.15, 0.2) is 60.7 Å². The fourth-order valence-corrected chi connectivity index (χ4v) is 2.82. The molecule has 0 saturated heterocycles. The Morgan fingerprint density at radius 3 is 2.17 bits per heavy atom. The average molecular weight is 343 g/mol. The number of benzene rings is 2. The number of nitrogens with one attached hydrogen (secondary N) is 1. The van der Waals surface area contributed by atoms with Gasteiger partial charge in [0.1, 0.15) is 12.6 Å². The summed E-state index contributed by atoms with van der Waals surface area (Å²) in [7, 11) is 0. The molecule has 24 heavy (non-hydrogen) atoms. The second-order valence-electron chi connectivity index (χ2n) is 5.20. The molecule has 2 rings (SSSR count). The highest BCUT2D eigenvalue weighted by atomic mass is 32.2. The van der Waals surface area contributed by atoms with Gasteiger partial charge in [0, 0.05) is 6.42 Å².